The van der Waals surface area contributed by atoms with Gasteiger partial charge in [0.05, 0.1) is 5.92 Å². The first-order valence-corrected chi connectivity index (χ1v) is 7.69. The molecule has 1 aliphatic rings. The van der Waals surface area contributed by atoms with Crippen LogP contribution in [0.25, 0.3) is 0 Å². The zero-order valence-electron chi connectivity index (χ0n) is 12.9. The molecule has 1 aliphatic heterocycles. The quantitative estimate of drug-likeness (QED) is 0.871. The smallest absolute Gasteiger partial charge is 0.272 e. The number of pyridine rings is 1. The summed E-state index contributed by atoms with van der Waals surface area (Å²) in [6, 6.07) is 5.38. The van der Waals surface area contributed by atoms with Crippen molar-refractivity contribution in [1.29, 1.82) is 0 Å². The van der Waals surface area contributed by atoms with Crippen molar-refractivity contribution in [3.05, 3.63) is 41.8 Å². The number of hydrogen-bond donors (Lipinski definition) is 0. The fourth-order valence-corrected chi connectivity index (χ4v) is 2.66. The molecular weight excluding hydrogens is 280 g/mol. The topological polar surface area (TPSA) is 72.1 Å². The Kier molecular flexibility index (Phi) is 4.18. The highest BCUT2D eigenvalue weighted by atomic mass is 16.5. The number of hydrogen-bond acceptors (Lipinski definition) is 5. The van der Waals surface area contributed by atoms with E-state index in [1.54, 1.807) is 12.3 Å². The van der Waals surface area contributed by atoms with Gasteiger partial charge in [-0.1, -0.05) is 25.1 Å². The summed E-state index contributed by atoms with van der Waals surface area (Å²) in [7, 11) is 0. The van der Waals surface area contributed by atoms with Crippen molar-refractivity contribution in [3.8, 4) is 0 Å². The van der Waals surface area contributed by atoms with E-state index in [0.717, 1.165) is 25.2 Å². The van der Waals surface area contributed by atoms with Crippen LogP contribution in [0.2, 0.25) is 0 Å². The van der Waals surface area contributed by atoms with E-state index in [2.05, 4.69) is 15.1 Å². The third kappa shape index (κ3) is 3.00. The van der Waals surface area contributed by atoms with E-state index in [9.17, 15) is 4.79 Å². The Labute approximate surface area is 129 Å². The zero-order valence-corrected chi connectivity index (χ0v) is 12.9. The van der Waals surface area contributed by atoms with Gasteiger partial charge in [0.25, 0.3) is 5.91 Å². The van der Waals surface area contributed by atoms with E-state index >= 15 is 0 Å². The van der Waals surface area contributed by atoms with Crippen LogP contribution in [-0.2, 0) is 0 Å². The van der Waals surface area contributed by atoms with Gasteiger partial charge in [-0.3, -0.25) is 9.78 Å². The fourth-order valence-electron chi connectivity index (χ4n) is 2.66. The molecule has 2 aromatic rings. The molecule has 0 spiro atoms. The van der Waals surface area contributed by atoms with Gasteiger partial charge in [-0.15, -0.1) is 0 Å². The normalized spacial score (nSPS) is 18.7. The minimum absolute atomic E-state index is 0.0334. The number of nitrogens with zero attached hydrogens (tertiary/aromatic N) is 4. The van der Waals surface area contributed by atoms with Crippen LogP contribution < -0.4 is 0 Å². The largest absolute Gasteiger partial charge is 0.339 e. The summed E-state index contributed by atoms with van der Waals surface area (Å²) in [6.07, 6.45) is 3.54. The van der Waals surface area contributed by atoms with Gasteiger partial charge in [-0.25, -0.2) is 0 Å². The summed E-state index contributed by atoms with van der Waals surface area (Å²) in [6.45, 7) is 5.42. The second-order valence-electron chi connectivity index (χ2n) is 5.95. The molecule has 6 nitrogen and oxygen atoms in total. The van der Waals surface area contributed by atoms with Gasteiger partial charge in [-0.05, 0) is 25.0 Å². The SMILES string of the molecule is CC(C)c1noc(C2CCCN(C(=O)c3ccccn3)C2)n1. The molecule has 3 heterocycles. The average molecular weight is 300 g/mol. The minimum atomic E-state index is -0.0334. The van der Waals surface area contributed by atoms with Crippen LogP contribution in [0.5, 0.6) is 0 Å². The third-order valence-electron chi connectivity index (χ3n) is 3.92. The van der Waals surface area contributed by atoms with Crippen molar-refractivity contribution in [2.45, 2.75) is 38.5 Å². The average Bonchev–Trinajstić information content (AvgIpc) is 3.05. The van der Waals surface area contributed by atoms with Crippen LogP contribution >= 0.6 is 0 Å². The molecule has 0 radical (unpaired) electrons. The lowest BCUT2D eigenvalue weighted by atomic mass is 9.97. The molecule has 1 unspecified atom stereocenters. The van der Waals surface area contributed by atoms with Crippen LogP contribution in [0.15, 0.2) is 28.9 Å². The maximum Gasteiger partial charge on any atom is 0.272 e. The van der Waals surface area contributed by atoms with E-state index in [1.807, 2.05) is 30.9 Å². The number of carbonyl (C=O) groups excluding carboxylic acids is 1. The van der Waals surface area contributed by atoms with E-state index in [4.69, 9.17) is 4.52 Å². The van der Waals surface area contributed by atoms with Gasteiger partial charge in [-0.2, -0.15) is 4.98 Å². The molecule has 6 heteroatoms. The van der Waals surface area contributed by atoms with Gasteiger partial charge in [0, 0.05) is 25.2 Å². The van der Waals surface area contributed by atoms with Crippen molar-refractivity contribution in [2.24, 2.45) is 0 Å². The Balaban J connectivity index is 1.72. The first-order valence-electron chi connectivity index (χ1n) is 7.69. The second-order valence-corrected chi connectivity index (χ2v) is 5.95. The van der Waals surface area contributed by atoms with Crippen molar-refractivity contribution in [2.75, 3.05) is 13.1 Å². The predicted molar refractivity (Wildman–Crippen MR) is 80.5 cm³/mol. The zero-order chi connectivity index (χ0) is 15.5. The van der Waals surface area contributed by atoms with E-state index in [0.29, 0.717) is 18.1 Å². The molecule has 0 N–H and O–H groups in total. The molecule has 1 amide bonds. The summed E-state index contributed by atoms with van der Waals surface area (Å²) >= 11 is 0. The highest BCUT2D eigenvalue weighted by Crippen LogP contribution is 2.27. The Hall–Kier alpha value is -2.24. The van der Waals surface area contributed by atoms with E-state index in [-0.39, 0.29) is 17.7 Å². The molecule has 2 aromatic heterocycles. The van der Waals surface area contributed by atoms with Crippen molar-refractivity contribution in [3.63, 3.8) is 0 Å². The Morgan fingerprint density at radius 1 is 1.41 bits per heavy atom. The minimum Gasteiger partial charge on any atom is -0.339 e. The van der Waals surface area contributed by atoms with Gasteiger partial charge < -0.3 is 9.42 Å². The van der Waals surface area contributed by atoms with Crippen LogP contribution in [0.3, 0.4) is 0 Å². The summed E-state index contributed by atoms with van der Waals surface area (Å²) in [5.41, 5.74) is 0.483. The van der Waals surface area contributed by atoms with Crippen LogP contribution in [0, 0.1) is 0 Å². The molecular formula is C16H20N4O2. The molecule has 116 valence electrons. The van der Waals surface area contributed by atoms with Crippen molar-refractivity contribution < 1.29 is 9.32 Å². The van der Waals surface area contributed by atoms with Crippen LogP contribution in [0.1, 0.15) is 60.7 Å². The number of likely N-dealkylation sites (tertiary alicyclic amines) is 1. The number of carbonyl (C=O) groups is 1. The molecule has 1 fully saturated rings. The lowest BCUT2D eigenvalue weighted by Gasteiger charge is -2.30. The first kappa shape index (κ1) is 14.7. The van der Waals surface area contributed by atoms with Gasteiger partial charge >= 0.3 is 0 Å². The Morgan fingerprint density at radius 2 is 2.27 bits per heavy atom. The predicted octanol–water partition coefficient (Wildman–Crippen LogP) is 2.61. The summed E-state index contributed by atoms with van der Waals surface area (Å²) < 4.78 is 5.38. The molecule has 0 bridgehead atoms. The molecule has 0 aromatic carbocycles. The van der Waals surface area contributed by atoms with Crippen molar-refractivity contribution in [1.82, 2.24) is 20.0 Å². The summed E-state index contributed by atoms with van der Waals surface area (Å²) in [5, 5.41) is 4.02. The standard InChI is InChI=1S/C16H20N4O2/c1-11(2)14-18-15(22-19-14)12-6-5-9-20(10-12)16(21)13-7-3-4-8-17-13/h3-4,7-8,11-12H,5-6,9-10H2,1-2H3. The van der Waals surface area contributed by atoms with Crippen LogP contribution in [0.4, 0.5) is 0 Å². The molecule has 0 saturated carbocycles. The fraction of sp³-hybridized carbons (Fsp3) is 0.500. The lowest BCUT2D eigenvalue weighted by molar-refractivity contribution is 0.0689. The molecule has 3 rings (SSSR count). The lowest BCUT2D eigenvalue weighted by Crippen LogP contribution is -2.39. The van der Waals surface area contributed by atoms with E-state index < -0.39 is 0 Å². The van der Waals surface area contributed by atoms with Gasteiger partial charge in [0.1, 0.15) is 5.69 Å². The molecule has 1 atom stereocenters. The number of amides is 1. The van der Waals surface area contributed by atoms with Crippen LogP contribution in [-0.4, -0.2) is 39.0 Å². The maximum absolute atomic E-state index is 12.5. The Bertz CT molecular complexity index is 639. The Morgan fingerprint density at radius 3 is 2.95 bits per heavy atom. The molecule has 1 saturated heterocycles. The first-order chi connectivity index (χ1) is 10.6. The van der Waals surface area contributed by atoms with Gasteiger partial charge in [0.15, 0.2) is 5.82 Å². The van der Waals surface area contributed by atoms with Gasteiger partial charge in [0.2, 0.25) is 5.89 Å². The number of rotatable bonds is 3. The summed E-state index contributed by atoms with van der Waals surface area (Å²) in [5.74, 6) is 1.69. The maximum atomic E-state index is 12.5. The number of piperidine rings is 1. The monoisotopic (exact) mass is 300 g/mol. The highest BCUT2D eigenvalue weighted by Gasteiger charge is 2.29. The molecule has 22 heavy (non-hydrogen) atoms. The van der Waals surface area contributed by atoms with E-state index in [1.165, 1.54) is 0 Å². The number of aromatic nitrogens is 3. The summed E-state index contributed by atoms with van der Waals surface area (Å²) in [4.78, 5) is 22.9. The third-order valence-corrected chi connectivity index (χ3v) is 3.92. The highest BCUT2D eigenvalue weighted by molar-refractivity contribution is 5.92. The van der Waals surface area contributed by atoms with Crippen molar-refractivity contribution >= 4 is 5.91 Å². The second kappa shape index (κ2) is 6.25. The molecule has 0 aliphatic carbocycles.